The summed E-state index contributed by atoms with van der Waals surface area (Å²) < 4.78 is 9.33. The smallest absolute Gasteiger partial charge is 0.437 e. The molecule has 0 fully saturated rings. The van der Waals surface area contributed by atoms with Crippen LogP contribution in [-0.2, 0) is 4.74 Å². The van der Waals surface area contributed by atoms with Gasteiger partial charge in [-0.25, -0.2) is 4.79 Å². The third-order valence-electron chi connectivity index (χ3n) is 2.59. The Labute approximate surface area is 104 Å². The van der Waals surface area contributed by atoms with Crippen LogP contribution in [0.5, 0.6) is 5.75 Å². The average molecular weight is 244 g/mol. The average Bonchev–Trinajstić information content (AvgIpc) is 2.37. The van der Waals surface area contributed by atoms with Crippen molar-refractivity contribution in [3.05, 3.63) is 42.0 Å². The van der Waals surface area contributed by atoms with E-state index in [1.165, 1.54) is 14.0 Å². The molecule has 0 saturated heterocycles. The Kier molecular flexibility index (Phi) is 3.28. The maximum Gasteiger partial charge on any atom is 0.513 e. The van der Waals surface area contributed by atoms with Crippen molar-refractivity contribution in [2.45, 2.75) is 6.92 Å². The maximum atomic E-state index is 11.3. The monoisotopic (exact) mass is 244 g/mol. The van der Waals surface area contributed by atoms with Crippen LogP contribution < -0.4 is 4.74 Å². The highest BCUT2D eigenvalue weighted by atomic mass is 16.7. The molecule has 92 valence electrons. The number of carbonyl (C=O) groups excluding carboxylic acids is 2. The Morgan fingerprint density at radius 3 is 2.33 bits per heavy atom. The lowest BCUT2D eigenvalue weighted by molar-refractivity contribution is 0.101. The summed E-state index contributed by atoms with van der Waals surface area (Å²) in [5.74, 6) is 0.428. The van der Waals surface area contributed by atoms with Gasteiger partial charge in [0.1, 0.15) is 5.75 Å². The summed E-state index contributed by atoms with van der Waals surface area (Å²) in [5, 5.41) is 1.81. The number of hydrogen-bond donors (Lipinski definition) is 0. The van der Waals surface area contributed by atoms with Crippen molar-refractivity contribution in [1.82, 2.24) is 0 Å². The van der Waals surface area contributed by atoms with E-state index in [4.69, 9.17) is 4.74 Å². The molecule has 0 heterocycles. The number of rotatable bonds is 2. The Hall–Kier alpha value is -2.36. The summed E-state index contributed by atoms with van der Waals surface area (Å²) >= 11 is 0. The third kappa shape index (κ3) is 2.48. The highest BCUT2D eigenvalue weighted by Gasteiger charge is 2.05. The first-order valence-electron chi connectivity index (χ1n) is 5.40. The number of benzene rings is 2. The molecule has 18 heavy (non-hydrogen) atoms. The van der Waals surface area contributed by atoms with Crippen molar-refractivity contribution >= 4 is 22.7 Å². The molecule has 4 nitrogen and oxygen atoms in total. The fourth-order valence-electron chi connectivity index (χ4n) is 1.64. The van der Waals surface area contributed by atoms with Gasteiger partial charge in [-0.15, -0.1) is 0 Å². The van der Waals surface area contributed by atoms with Gasteiger partial charge in [0.25, 0.3) is 0 Å². The number of ether oxygens (including phenoxy) is 2. The summed E-state index contributed by atoms with van der Waals surface area (Å²) in [5.41, 5.74) is 0.657. The topological polar surface area (TPSA) is 52.6 Å². The van der Waals surface area contributed by atoms with Crippen molar-refractivity contribution in [3.63, 3.8) is 0 Å². The van der Waals surface area contributed by atoms with Crippen LogP contribution in [-0.4, -0.2) is 19.0 Å². The van der Waals surface area contributed by atoms with Crippen molar-refractivity contribution in [1.29, 1.82) is 0 Å². The van der Waals surface area contributed by atoms with Gasteiger partial charge in [0.05, 0.1) is 7.11 Å². The minimum absolute atomic E-state index is 0.0202. The van der Waals surface area contributed by atoms with Crippen molar-refractivity contribution < 1.29 is 19.1 Å². The lowest BCUT2D eigenvalue weighted by Crippen LogP contribution is -2.06. The molecule has 0 radical (unpaired) electrons. The molecular formula is C14H12O4. The zero-order valence-electron chi connectivity index (χ0n) is 10.1. The number of Topliss-reactive ketones (excluding diaryl/α,β-unsaturated/α-hetero) is 1. The molecule has 0 amide bonds. The van der Waals surface area contributed by atoms with E-state index >= 15 is 0 Å². The lowest BCUT2D eigenvalue weighted by atomic mass is 10.0. The lowest BCUT2D eigenvalue weighted by Gasteiger charge is -2.05. The van der Waals surface area contributed by atoms with E-state index < -0.39 is 6.16 Å². The highest BCUT2D eigenvalue weighted by Crippen LogP contribution is 2.22. The van der Waals surface area contributed by atoms with E-state index in [2.05, 4.69) is 4.74 Å². The Balaban J connectivity index is 2.38. The predicted molar refractivity (Wildman–Crippen MR) is 67.0 cm³/mol. The summed E-state index contributed by atoms with van der Waals surface area (Å²) in [4.78, 5) is 22.2. The van der Waals surface area contributed by atoms with Crippen molar-refractivity contribution in [3.8, 4) is 5.75 Å². The first-order chi connectivity index (χ1) is 8.60. The maximum absolute atomic E-state index is 11.3. The van der Waals surface area contributed by atoms with Gasteiger partial charge >= 0.3 is 6.16 Å². The quantitative estimate of drug-likeness (QED) is 0.462. The molecular weight excluding hydrogens is 232 g/mol. The molecule has 0 aromatic heterocycles. The Morgan fingerprint density at radius 2 is 1.67 bits per heavy atom. The molecule has 0 aliphatic carbocycles. The minimum atomic E-state index is -0.755. The molecule has 2 rings (SSSR count). The predicted octanol–water partition coefficient (Wildman–Crippen LogP) is 3.19. The second kappa shape index (κ2) is 4.87. The summed E-state index contributed by atoms with van der Waals surface area (Å²) in [7, 11) is 1.25. The van der Waals surface area contributed by atoms with Crippen LogP contribution in [0.2, 0.25) is 0 Å². The van der Waals surface area contributed by atoms with Gasteiger partial charge in [-0.1, -0.05) is 18.2 Å². The van der Waals surface area contributed by atoms with Crippen LogP contribution in [0.4, 0.5) is 4.79 Å². The van der Waals surface area contributed by atoms with Crippen LogP contribution in [0.25, 0.3) is 10.8 Å². The molecule has 2 aromatic rings. The van der Waals surface area contributed by atoms with Crippen LogP contribution in [0, 0.1) is 0 Å². The third-order valence-corrected chi connectivity index (χ3v) is 2.59. The summed E-state index contributed by atoms with van der Waals surface area (Å²) in [6.07, 6.45) is -0.755. The molecule has 0 aliphatic heterocycles. The van der Waals surface area contributed by atoms with E-state index in [0.717, 1.165) is 10.8 Å². The van der Waals surface area contributed by atoms with Crippen LogP contribution in [0.15, 0.2) is 36.4 Å². The standard InChI is InChI=1S/C14H12O4/c1-9(15)10-3-4-12-8-13(18-14(16)17-2)6-5-11(12)7-10/h3-8H,1-2H3. The van der Waals surface area contributed by atoms with Crippen LogP contribution >= 0.6 is 0 Å². The normalized spacial score (nSPS) is 10.1. The number of ketones is 1. The number of hydrogen-bond acceptors (Lipinski definition) is 4. The molecule has 4 heteroatoms. The molecule has 0 bridgehead atoms. The van der Waals surface area contributed by atoms with Gasteiger partial charge in [0, 0.05) is 5.56 Å². The zero-order valence-corrected chi connectivity index (χ0v) is 10.1. The number of carbonyl (C=O) groups is 2. The molecule has 0 N–H and O–H groups in total. The van der Waals surface area contributed by atoms with Gasteiger partial charge < -0.3 is 9.47 Å². The first-order valence-corrected chi connectivity index (χ1v) is 5.40. The van der Waals surface area contributed by atoms with Gasteiger partial charge in [-0.3, -0.25) is 4.79 Å². The van der Waals surface area contributed by atoms with Gasteiger partial charge in [0.2, 0.25) is 0 Å². The summed E-state index contributed by atoms with van der Waals surface area (Å²) in [6.45, 7) is 1.52. The fraction of sp³-hybridized carbons (Fsp3) is 0.143. The first kappa shape index (κ1) is 12.1. The molecule has 0 atom stereocenters. The largest absolute Gasteiger partial charge is 0.513 e. The Bertz CT molecular complexity index is 616. The zero-order chi connectivity index (χ0) is 13.1. The second-order valence-corrected chi connectivity index (χ2v) is 3.84. The van der Waals surface area contributed by atoms with Gasteiger partial charge in [-0.05, 0) is 35.9 Å². The van der Waals surface area contributed by atoms with E-state index in [1.807, 2.05) is 6.07 Å². The van der Waals surface area contributed by atoms with Crippen LogP contribution in [0.3, 0.4) is 0 Å². The Morgan fingerprint density at radius 1 is 1.00 bits per heavy atom. The van der Waals surface area contributed by atoms with E-state index in [1.54, 1.807) is 30.3 Å². The summed E-state index contributed by atoms with van der Waals surface area (Å²) in [6, 6.07) is 10.5. The van der Waals surface area contributed by atoms with Gasteiger partial charge in [0.15, 0.2) is 5.78 Å². The van der Waals surface area contributed by atoms with E-state index in [0.29, 0.717) is 11.3 Å². The molecule has 0 saturated carbocycles. The fourth-order valence-corrected chi connectivity index (χ4v) is 1.64. The van der Waals surface area contributed by atoms with Crippen molar-refractivity contribution in [2.75, 3.05) is 7.11 Å². The van der Waals surface area contributed by atoms with Gasteiger partial charge in [-0.2, -0.15) is 0 Å². The number of methoxy groups -OCH3 is 1. The number of fused-ring (bicyclic) bond motifs is 1. The van der Waals surface area contributed by atoms with Crippen molar-refractivity contribution in [2.24, 2.45) is 0 Å². The minimum Gasteiger partial charge on any atom is -0.437 e. The molecule has 0 unspecified atom stereocenters. The second-order valence-electron chi connectivity index (χ2n) is 3.84. The molecule has 0 aliphatic rings. The van der Waals surface area contributed by atoms with E-state index in [9.17, 15) is 9.59 Å². The molecule has 2 aromatic carbocycles. The SMILES string of the molecule is COC(=O)Oc1ccc2cc(C(C)=O)ccc2c1. The molecule has 0 spiro atoms. The van der Waals surface area contributed by atoms with Crippen LogP contribution in [0.1, 0.15) is 17.3 Å². The highest BCUT2D eigenvalue weighted by molar-refractivity contribution is 5.98. The van der Waals surface area contributed by atoms with E-state index in [-0.39, 0.29) is 5.78 Å².